The second-order valence-electron chi connectivity index (χ2n) is 6.44. The Bertz CT molecular complexity index is 264. The number of hydrogen-bond acceptors (Lipinski definition) is 2. The number of nitrogens with zero attached hydrogens (tertiary/aromatic N) is 1. The summed E-state index contributed by atoms with van der Waals surface area (Å²) in [6, 6.07) is 0.553. The largest absolute Gasteiger partial charge is 0.342 e. The van der Waals surface area contributed by atoms with E-state index in [0.717, 1.165) is 24.9 Å². The third-order valence-corrected chi connectivity index (χ3v) is 4.43. The van der Waals surface area contributed by atoms with E-state index in [0.29, 0.717) is 18.5 Å². The first kappa shape index (κ1) is 13.9. The fraction of sp³-hybridized carbons (Fsp3) is 0.933. The zero-order chi connectivity index (χ0) is 13.0. The molecule has 0 radical (unpaired) electrons. The monoisotopic (exact) mass is 252 g/mol. The molecule has 0 aromatic carbocycles. The Morgan fingerprint density at radius 1 is 1.06 bits per heavy atom. The Labute approximate surface area is 111 Å². The van der Waals surface area contributed by atoms with Gasteiger partial charge in [-0.25, -0.2) is 0 Å². The van der Waals surface area contributed by atoms with Crippen molar-refractivity contribution >= 4 is 5.91 Å². The SMILES string of the molecule is CC1CC(C)CC(NCC(=O)N2CCCCC2)C1. The normalized spacial score (nSPS) is 33.4. The predicted octanol–water partition coefficient (Wildman–Crippen LogP) is 2.41. The first-order chi connectivity index (χ1) is 8.65. The zero-order valence-corrected chi connectivity index (χ0v) is 12.0. The maximum absolute atomic E-state index is 12.1. The number of amides is 1. The van der Waals surface area contributed by atoms with Crippen LogP contribution in [0.3, 0.4) is 0 Å². The summed E-state index contributed by atoms with van der Waals surface area (Å²) in [7, 11) is 0. The fourth-order valence-corrected chi connectivity index (χ4v) is 3.60. The predicted molar refractivity (Wildman–Crippen MR) is 74.4 cm³/mol. The minimum Gasteiger partial charge on any atom is -0.342 e. The van der Waals surface area contributed by atoms with E-state index in [1.54, 1.807) is 0 Å². The average Bonchev–Trinajstić information content (AvgIpc) is 2.36. The number of piperidine rings is 1. The molecular weight excluding hydrogens is 224 g/mol. The second-order valence-corrected chi connectivity index (χ2v) is 6.44. The zero-order valence-electron chi connectivity index (χ0n) is 12.0. The molecule has 2 aliphatic rings. The van der Waals surface area contributed by atoms with Gasteiger partial charge in [-0.1, -0.05) is 13.8 Å². The lowest BCUT2D eigenvalue weighted by Crippen LogP contribution is -2.45. The Morgan fingerprint density at radius 2 is 1.67 bits per heavy atom. The lowest BCUT2D eigenvalue weighted by atomic mass is 9.80. The number of hydrogen-bond donors (Lipinski definition) is 1. The Hall–Kier alpha value is -0.570. The van der Waals surface area contributed by atoms with Crippen molar-refractivity contribution in [3.8, 4) is 0 Å². The quantitative estimate of drug-likeness (QED) is 0.836. The van der Waals surface area contributed by atoms with E-state index in [1.165, 1.54) is 38.5 Å². The van der Waals surface area contributed by atoms with Crippen LogP contribution < -0.4 is 5.32 Å². The molecule has 3 heteroatoms. The third-order valence-electron chi connectivity index (χ3n) is 4.43. The highest BCUT2D eigenvalue weighted by molar-refractivity contribution is 5.78. The van der Waals surface area contributed by atoms with Crippen LogP contribution in [0.2, 0.25) is 0 Å². The lowest BCUT2D eigenvalue weighted by molar-refractivity contribution is -0.131. The van der Waals surface area contributed by atoms with Crippen LogP contribution in [0.15, 0.2) is 0 Å². The molecule has 1 saturated carbocycles. The molecule has 0 aromatic rings. The van der Waals surface area contributed by atoms with Crippen LogP contribution in [0.4, 0.5) is 0 Å². The van der Waals surface area contributed by atoms with Gasteiger partial charge in [0.05, 0.1) is 6.54 Å². The molecule has 1 N–H and O–H groups in total. The second kappa shape index (κ2) is 6.55. The van der Waals surface area contributed by atoms with E-state index in [9.17, 15) is 4.79 Å². The minimum absolute atomic E-state index is 0.306. The van der Waals surface area contributed by atoms with Gasteiger partial charge in [0.15, 0.2) is 0 Å². The van der Waals surface area contributed by atoms with E-state index in [-0.39, 0.29) is 0 Å². The van der Waals surface area contributed by atoms with Crippen molar-refractivity contribution in [1.29, 1.82) is 0 Å². The van der Waals surface area contributed by atoms with Crippen molar-refractivity contribution in [2.24, 2.45) is 11.8 Å². The molecular formula is C15H28N2O. The molecule has 2 atom stereocenters. The highest BCUT2D eigenvalue weighted by atomic mass is 16.2. The van der Waals surface area contributed by atoms with E-state index in [2.05, 4.69) is 19.2 Å². The molecule has 0 aromatic heterocycles. The fourth-order valence-electron chi connectivity index (χ4n) is 3.60. The molecule has 18 heavy (non-hydrogen) atoms. The van der Waals surface area contributed by atoms with Crippen LogP contribution in [-0.2, 0) is 4.79 Å². The van der Waals surface area contributed by atoms with Gasteiger partial charge in [-0.05, 0) is 50.4 Å². The van der Waals surface area contributed by atoms with Crippen LogP contribution in [0.5, 0.6) is 0 Å². The Kier molecular flexibility index (Phi) is 5.04. The highest BCUT2D eigenvalue weighted by Crippen LogP contribution is 2.28. The summed E-state index contributed by atoms with van der Waals surface area (Å²) in [4.78, 5) is 14.1. The molecule has 2 fully saturated rings. The standard InChI is InChI=1S/C15H28N2O/c1-12-8-13(2)10-14(9-12)16-11-15(18)17-6-4-3-5-7-17/h12-14,16H,3-11H2,1-2H3. The van der Waals surface area contributed by atoms with Crippen LogP contribution in [0, 0.1) is 11.8 Å². The van der Waals surface area contributed by atoms with E-state index in [4.69, 9.17) is 0 Å². The average molecular weight is 252 g/mol. The van der Waals surface area contributed by atoms with Crippen molar-refractivity contribution in [2.45, 2.75) is 58.4 Å². The van der Waals surface area contributed by atoms with Crippen molar-refractivity contribution in [2.75, 3.05) is 19.6 Å². The van der Waals surface area contributed by atoms with Gasteiger partial charge in [-0.2, -0.15) is 0 Å². The molecule has 104 valence electrons. The topological polar surface area (TPSA) is 32.3 Å². The van der Waals surface area contributed by atoms with E-state index in [1.807, 2.05) is 4.90 Å². The van der Waals surface area contributed by atoms with Gasteiger partial charge in [0, 0.05) is 19.1 Å². The van der Waals surface area contributed by atoms with Crippen LogP contribution in [-0.4, -0.2) is 36.5 Å². The summed E-state index contributed by atoms with van der Waals surface area (Å²) >= 11 is 0. The summed E-state index contributed by atoms with van der Waals surface area (Å²) in [6.45, 7) is 7.15. The molecule has 1 aliphatic heterocycles. The van der Waals surface area contributed by atoms with Crippen molar-refractivity contribution < 1.29 is 4.79 Å². The van der Waals surface area contributed by atoms with Gasteiger partial charge in [0.25, 0.3) is 0 Å². The van der Waals surface area contributed by atoms with Gasteiger partial charge in [0.2, 0.25) is 5.91 Å². The molecule has 1 amide bonds. The van der Waals surface area contributed by atoms with Crippen LogP contribution >= 0.6 is 0 Å². The molecule has 1 heterocycles. The van der Waals surface area contributed by atoms with Crippen molar-refractivity contribution in [1.82, 2.24) is 10.2 Å². The molecule has 3 nitrogen and oxygen atoms in total. The molecule has 0 bridgehead atoms. The van der Waals surface area contributed by atoms with Crippen molar-refractivity contribution in [3.63, 3.8) is 0 Å². The van der Waals surface area contributed by atoms with Gasteiger partial charge in [-0.15, -0.1) is 0 Å². The Morgan fingerprint density at radius 3 is 2.28 bits per heavy atom. The molecule has 0 spiro atoms. The summed E-state index contributed by atoms with van der Waals surface area (Å²) in [5.41, 5.74) is 0. The summed E-state index contributed by atoms with van der Waals surface area (Å²) < 4.78 is 0. The number of likely N-dealkylation sites (tertiary alicyclic amines) is 1. The maximum atomic E-state index is 12.1. The number of rotatable bonds is 3. The van der Waals surface area contributed by atoms with E-state index < -0.39 is 0 Å². The third kappa shape index (κ3) is 3.98. The smallest absolute Gasteiger partial charge is 0.236 e. The number of carbonyl (C=O) groups excluding carboxylic acids is 1. The molecule has 2 rings (SSSR count). The summed E-state index contributed by atoms with van der Waals surface area (Å²) in [6.07, 6.45) is 7.47. The van der Waals surface area contributed by atoms with Gasteiger partial charge in [-0.3, -0.25) is 4.79 Å². The lowest BCUT2D eigenvalue weighted by Gasteiger charge is -2.33. The van der Waals surface area contributed by atoms with Crippen LogP contribution in [0.25, 0.3) is 0 Å². The van der Waals surface area contributed by atoms with Crippen molar-refractivity contribution in [3.05, 3.63) is 0 Å². The van der Waals surface area contributed by atoms with Gasteiger partial charge in [0.1, 0.15) is 0 Å². The van der Waals surface area contributed by atoms with Gasteiger partial charge >= 0.3 is 0 Å². The summed E-state index contributed by atoms with van der Waals surface area (Å²) in [5.74, 6) is 1.91. The van der Waals surface area contributed by atoms with Gasteiger partial charge < -0.3 is 10.2 Å². The highest BCUT2D eigenvalue weighted by Gasteiger charge is 2.24. The first-order valence-electron chi connectivity index (χ1n) is 7.66. The molecule has 2 unspecified atom stereocenters. The summed E-state index contributed by atoms with van der Waals surface area (Å²) in [5, 5.41) is 3.49. The Balaban J connectivity index is 1.71. The minimum atomic E-state index is 0.306. The maximum Gasteiger partial charge on any atom is 0.236 e. The number of nitrogens with one attached hydrogen (secondary N) is 1. The molecule has 1 aliphatic carbocycles. The number of carbonyl (C=O) groups is 1. The van der Waals surface area contributed by atoms with Crippen LogP contribution in [0.1, 0.15) is 52.4 Å². The van der Waals surface area contributed by atoms with E-state index >= 15 is 0 Å². The molecule has 1 saturated heterocycles. The first-order valence-corrected chi connectivity index (χ1v) is 7.66.